The van der Waals surface area contributed by atoms with Gasteiger partial charge in [0.05, 0.1) is 6.10 Å². The number of β-amino-alcohol motifs (C(OH)–C–C–N with tert-alkyl or cyclic N) is 1. The predicted octanol–water partition coefficient (Wildman–Crippen LogP) is 1.30. The molecule has 0 aliphatic carbocycles. The molecule has 1 unspecified atom stereocenters. The number of carbonyl (C=O) groups excluding carboxylic acids is 1. The number of nitrogens with zero attached hydrogens (tertiary/aromatic N) is 4. The molecule has 2 N–H and O–H groups in total. The second-order valence-corrected chi connectivity index (χ2v) is 6.02. The molecular formula is C17H23N5O2. The summed E-state index contributed by atoms with van der Waals surface area (Å²) >= 11 is 0. The van der Waals surface area contributed by atoms with Crippen molar-refractivity contribution in [2.24, 2.45) is 7.05 Å². The standard InChI is InChI=1S/C17H23N5O2/c1-20-8-7-16(19-20)18-17(24)22-11-9-21(10-12-22)13-15(23)14-5-3-2-4-6-14/h2-8,15,23H,9-13H2,1H3,(H,18,19,24). The first-order valence-electron chi connectivity index (χ1n) is 8.13. The number of hydrogen-bond donors (Lipinski definition) is 2. The Hall–Kier alpha value is -2.38. The van der Waals surface area contributed by atoms with Crippen LogP contribution in [0.15, 0.2) is 42.6 Å². The molecule has 1 aromatic carbocycles. The van der Waals surface area contributed by atoms with E-state index in [0.29, 0.717) is 25.5 Å². The van der Waals surface area contributed by atoms with Gasteiger partial charge in [-0.2, -0.15) is 5.10 Å². The highest BCUT2D eigenvalue weighted by Crippen LogP contribution is 2.15. The van der Waals surface area contributed by atoms with E-state index in [1.165, 1.54) is 0 Å². The van der Waals surface area contributed by atoms with E-state index < -0.39 is 6.10 Å². The summed E-state index contributed by atoms with van der Waals surface area (Å²) in [6.07, 6.45) is 1.29. The molecule has 2 amide bonds. The normalized spacial score (nSPS) is 16.8. The Kier molecular flexibility index (Phi) is 5.12. The van der Waals surface area contributed by atoms with Crippen LogP contribution in [0.3, 0.4) is 0 Å². The van der Waals surface area contributed by atoms with Crippen molar-refractivity contribution >= 4 is 11.8 Å². The molecule has 1 aliphatic heterocycles. The van der Waals surface area contributed by atoms with E-state index in [1.807, 2.05) is 37.4 Å². The summed E-state index contributed by atoms with van der Waals surface area (Å²) in [5.74, 6) is 0.560. The number of aryl methyl sites for hydroxylation is 1. The fourth-order valence-corrected chi connectivity index (χ4v) is 2.83. The molecule has 2 heterocycles. The number of urea groups is 1. The van der Waals surface area contributed by atoms with Gasteiger partial charge >= 0.3 is 6.03 Å². The van der Waals surface area contributed by atoms with E-state index in [1.54, 1.807) is 21.8 Å². The van der Waals surface area contributed by atoms with Crippen LogP contribution in [-0.4, -0.2) is 63.4 Å². The van der Waals surface area contributed by atoms with E-state index in [9.17, 15) is 9.90 Å². The Bertz CT molecular complexity index is 665. The molecule has 0 spiro atoms. The number of aliphatic hydroxyl groups excluding tert-OH is 1. The molecule has 1 aliphatic rings. The summed E-state index contributed by atoms with van der Waals surface area (Å²) in [5.41, 5.74) is 0.924. The summed E-state index contributed by atoms with van der Waals surface area (Å²) in [6.45, 7) is 3.36. The molecule has 24 heavy (non-hydrogen) atoms. The van der Waals surface area contributed by atoms with Crippen LogP contribution in [0.2, 0.25) is 0 Å². The fraction of sp³-hybridized carbons (Fsp3) is 0.412. The van der Waals surface area contributed by atoms with Crippen LogP contribution in [0.5, 0.6) is 0 Å². The maximum atomic E-state index is 12.2. The first-order valence-corrected chi connectivity index (χ1v) is 8.13. The number of rotatable bonds is 4. The van der Waals surface area contributed by atoms with Crippen LogP contribution in [-0.2, 0) is 7.05 Å². The molecule has 1 aromatic heterocycles. The number of amides is 2. The van der Waals surface area contributed by atoms with E-state index in [0.717, 1.165) is 18.7 Å². The van der Waals surface area contributed by atoms with Crippen LogP contribution >= 0.6 is 0 Å². The third kappa shape index (κ3) is 4.12. The Balaban J connectivity index is 1.46. The monoisotopic (exact) mass is 329 g/mol. The van der Waals surface area contributed by atoms with Crippen molar-refractivity contribution in [3.63, 3.8) is 0 Å². The number of benzene rings is 1. The Labute approximate surface area is 141 Å². The average molecular weight is 329 g/mol. The summed E-state index contributed by atoms with van der Waals surface area (Å²) in [4.78, 5) is 16.2. The smallest absolute Gasteiger partial charge is 0.323 e. The lowest BCUT2D eigenvalue weighted by Crippen LogP contribution is -2.50. The highest BCUT2D eigenvalue weighted by molar-refractivity contribution is 5.88. The average Bonchev–Trinajstić information content (AvgIpc) is 3.01. The van der Waals surface area contributed by atoms with Crippen LogP contribution in [0, 0.1) is 0 Å². The van der Waals surface area contributed by atoms with E-state index in [2.05, 4.69) is 15.3 Å². The summed E-state index contributed by atoms with van der Waals surface area (Å²) in [5, 5.41) is 17.2. The number of anilines is 1. The summed E-state index contributed by atoms with van der Waals surface area (Å²) in [6, 6.07) is 11.3. The molecule has 1 saturated heterocycles. The van der Waals surface area contributed by atoms with Gasteiger partial charge in [-0.05, 0) is 5.56 Å². The number of hydrogen-bond acceptors (Lipinski definition) is 4. The maximum Gasteiger partial charge on any atom is 0.323 e. The molecule has 2 aromatic rings. The second kappa shape index (κ2) is 7.46. The van der Waals surface area contributed by atoms with Crippen LogP contribution in [0.1, 0.15) is 11.7 Å². The van der Waals surface area contributed by atoms with Crippen molar-refractivity contribution in [2.45, 2.75) is 6.10 Å². The van der Waals surface area contributed by atoms with E-state index >= 15 is 0 Å². The predicted molar refractivity (Wildman–Crippen MR) is 91.6 cm³/mol. The topological polar surface area (TPSA) is 73.6 Å². The molecule has 0 radical (unpaired) electrons. The minimum Gasteiger partial charge on any atom is -0.387 e. The number of aromatic nitrogens is 2. The maximum absolute atomic E-state index is 12.2. The van der Waals surface area contributed by atoms with Gasteiger partial charge in [-0.1, -0.05) is 30.3 Å². The van der Waals surface area contributed by atoms with Crippen molar-refractivity contribution in [3.05, 3.63) is 48.2 Å². The largest absolute Gasteiger partial charge is 0.387 e. The van der Waals surface area contributed by atoms with Gasteiger partial charge in [0.15, 0.2) is 5.82 Å². The lowest BCUT2D eigenvalue weighted by Gasteiger charge is -2.35. The van der Waals surface area contributed by atoms with Gasteiger partial charge in [0, 0.05) is 52.0 Å². The quantitative estimate of drug-likeness (QED) is 0.887. The van der Waals surface area contributed by atoms with E-state index in [-0.39, 0.29) is 6.03 Å². The first kappa shape index (κ1) is 16.5. The summed E-state index contributed by atoms with van der Waals surface area (Å²) in [7, 11) is 1.81. The molecule has 0 bridgehead atoms. The Morgan fingerprint density at radius 3 is 2.54 bits per heavy atom. The van der Waals surface area contributed by atoms with Gasteiger partial charge in [-0.3, -0.25) is 14.9 Å². The van der Waals surface area contributed by atoms with Crippen molar-refractivity contribution in [1.82, 2.24) is 19.6 Å². The van der Waals surface area contributed by atoms with E-state index in [4.69, 9.17) is 0 Å². The SMILES string of the molecule is Cn1ccc(NC(=O)N2CCN(CC(O)c3ccccc3)CC2)n1. The number of aliphatic hydroxyl groups is 1. The zero-order valence-corrected chi connectivity index (χ0v) is 13.8. The zero-order valence-electron chi connectivity index (χ0n) is 13.8. The number of nitrogens with one attached hydrogen (secondary N) is 1. The highest BCUT2D eigenvalue weighted by Gasteiger charge is 2.23. The molecule has 3 rings (SSSR count). The fourth-order valence-electron chi connectivity index (χ4n) is 2.83. The molecule has 128 valence electrons. The van der Waals surface area contributed by atoms with Crippen molar-refractivity contribution in [2.75, 3.05) is 38.0 Å². The molecule has 0 saturated carbocycles. The molecule has 1 atom stereocenters. The number of piperazine rings is 1. The second-order valence-electron chi connectivity index (χ2n) is 6.02. The van der Waals surface area contributed by atoms with Gasteiger partial charge in [0.1, 0.15) is 0 Å². The minimum absolute atomic E-state index is 0.128. The zero-order chi connectivity index (χ0) is 16.9. The van der Waals surface area contributed by atoms with Crippen LogP contribution < -0.4 is 5.32 Å². The molecular weight excluding hydrogens is 306 g/mol. The lowest BCUT2D eigenvalue weighted by atomic mass is 10.1. The third-order valence-electron chi connectivity index (χ3n) is 4.22. The van der Waals surface area contributed by atoms with Crippen molar-refractivity contribution in [3.8, 4) is 0 Å². The third-order valence-corrected chi connectivity index (χ3v) is 4.22. The summed E-state index contributed by atoms with van der Waals surface area (Å²) < 4.78 is 1.65. The Morgan fingerprint density at radius 1 is 1.21 bits per heavy atom. The molecule has 7 heteroatoms. The van der Waals surface area contributed by atoms with Gasteiger partial charge in [0.2, 0.25) is 0 Å². The Morgan fingerprint density at radius 2 is 1.92 bits per heavy atom. The van der Waals surface area contributed by atoms with Crippen LogP contribution in [0.25, 0.3) is 0 Å². The molecule has 7 nitrogen and oxygen atoms in total. The highest BCUT2D eigenvalue weighted by atomic mass is 16.3. The minimum atomic E-state index is -0.500. The first-order chi connectivity index (χ1) is 11.6. The number of carbonyl (C=O) groups is 1. The van der Waals surface area contributed by atoms with Crippen molar-refractivity contribution in [1.29, 1.82) is 0 Å². The molecule has 1 fully saturated rings. The van der Waals surface area contributed by atoms with Gasteiger partial charge in [-0.25, -0.2) is 4.79 Å². The van der Waals surface area contributed by atoms with Gasteiger partial charge < -0.3 is 10.0 Å². The van der Waals surface area contributed by atoms with Gasteiger partial charge in [-0.15, -0.1) is 0 Å². The van der Waals surface area contributed by atoms with Crippen molar-refractivity contribution < 1.29 is 9.90 Å². The van der Waals surface area contributed by atoms with Crippen LogP contribution in [0.4, 0.5) is 10.6 Å². The van der Waals surface area contributed by atoms with Gasteiger partial charge in [0.25, 0.3) is 0 Å². The lowest BCUT2D eigenvalue weighted by molar-refractivity contribution is 0.0831.